The van der Waals surface area contributed by atoms with Gasteiger partial charge < -0.3 is 68.7 Å². The molecule has 0 unspecified atom stereocenters. The van der Waals surface area contributed by atoms with Crippen LogP contribution in [0.3, 0.4) is 0 Å². The molecule has 388 valence electrons. The van der Waals surface area contributed by atoms with E-state index in [2.05, 4.69) is 37.2 Å². The van der Waals surface area contributed by atoms with Gasteiger partial charge >= 0.3 is 11.9 Å². The molecule has 24 heteroatoms. The molecule has 14 N–H and O–H groups in total. The van der Waals surface area contributed by atoms with E-state index in [4.69, 9.17) is 16.9 Å². The third-order valence-corrected chi connectivity index (χ3v) is 11.8. The van der Waals surface area contributed by atoms with E-state index in [1.807, 2.05) is 13.8 Å². The largest absolute Gasteiger partial charge is 0.481 e. The highest BCUT2D eigenvalue weighted by atomic mass is 16.4. The summed E-state index contributed by atoms with van der Waals surface area (Å²) in [7, 11) is 0. The lowest BCUT2D eigenvalue weighted by molar-refractivity contribution is -0.152. The predicted molar refractivity (Wildman–Crippen MR) is 254 cm³/mol. The van der Waals surface area contributed by atoms with Gasteiger partial charge in [0.25, 0.3) is 0 Å². The fourth-order valence-corrected chi connectivity index (χ4v) is 8.27. The van der Waals surface area contributed by atoms with Crippen molar-refractivity contribution in [2.45, 2.75) is 147 Å². The van der Waals surface area contributed by atoms with Crippen LogP contribution in [0, 0.1) is 17.2 Å². The molecule has 3 rings (SSSR count). The summed E-state index contributed by atoms with van der Waals surface area (Å²) in [4.78, 5) is 134. The Morgan fingerprint density at radius 3 is 1.86 bits per heavy atom. The number of hydrogen-bond donors (Lipinski definition) is 12. The van der Waals surface area contributed by atoms with Crippen LogP contribution in [0.5, 0.6) is 0 Å². The van der Waals surface area contributed by atoms with Crippen LogP contribution in [-0.4, -0.2) is 160 Å². The second kappa shape index (κ2) is 28.0. The van der Waals surface area contributed by atoms with Gasteiger partial charge in [-0.2, -0.15) is 0 Å². The van der Waals surface area contributed by atoms with Gasteiger partial charge in [0.1, 0.15) is 42.3 Å². The molecule has 0 saturated carbocycles. The second-order valence-corrected chi connectivity index (χ2v) is 18.6. The number of benzene rings is 1. The minimum absolute atomic E-state index is 0.0123. The number of carboxylic acids is 2. The molecular weight excluding hydrogens is 913 g/mol. The quantitative estimate of drug-likeness (QED) is 0.0258. The van der Waals surface area contributed by atoms with E-state index in [1.165, 1.54) is 16.7 Å². The Bertz CT molecular complexity index is 2040. The van der Waals surface area contributed by atoms with Gasteiger partial charge in [-0.25, -0.2) is 4.79 Å². The first-order valence-corrected chi connectivity index (χ1v) is 23.7. The van der Waals surface area contributed by atoms with Crippen LogP contribution in [0.1, 0.15) is 98.0 Å². The third-order valence-electron chi connectivity index (χ3n) is 11.8. The maximum atomic E-state index is 14.0. The zero-order valence-electron chi connectivity index (χ0n) is 40.6. The van der Waals surface area contributed by atoms with Gasteiger partial charge in [-0.1, -0.05) is 58.0 Å². The highest BCUT2D eigenvalue weighted by molar-refractivity contribution is 5.98. The zero-order chi connectivity index (χ0) is 52.2. The van der Waals surface area contributed by atoms with Crippen LogP contribution in [0.4, 0.5) is 0 Å². The van der Waals surface area contributed by atoms with E-state index >= 15 is 0 Å². The molecule has 0 aromatic heterocycles. The number of likely N-dealkylation sites (tertiary alicyclic amines) is 2. The lowest BCUT2D eigenvalue weighted by Crippen LogP contribution is -2.59. The molecule has 70 heavy (non-hydrogen) atoms. The van der Waals surface area contributed by atoms with E-state index in [0.717, 1.165) is 5.56 Å². The number of carboxylic acid groups (broad SMARTS) is 2. The first-order chi connectivity index (χ1) is 33.0. The maximum absolute atomic E-state index is 14.0. The summed E-state index contributed by atoms with van der Waals surface area (Å²) in [6.07, 6.45) is 1.38. The molecule has 0 bridgehead atoms. The number of carbonyl (C=O) groups excluding carboxylic acids is 8. The van der Waals surface area contributed by atoms with Crippen molar-refractivity contribution >= 4 is 65.2 Å². The fourth-order valence-electron chi connectivity index (χ4n) is 8.27. The third kappa shape index (κ3) is 18.6. The summed E-state index contributed by atoms with van der Waals surface area (Å²) in [5.41, 5.74) is 12.2. The monoisotopic (exact) mass is 985 g/mol. The molecule has 1 aromatic rings. The van der Waals surface area contributed by atoms with E-state index in [-0.39, 0.29) is 69.5 Å². The maximum Gasteiger partial charge on any atom is 0.326 e. The van der Waals surface area contributed by atoms with Gasteiger partial charge in [-0.15, -0.1) is 0 Å². The van der Waals surface area contributed by atoms with Crippen LogP contribution in [0.25, 0.3) is 0 Å². The van der Waals surface area contributed by atoms with E-state index in [0.29, 0.717) is 25.7 Å². The molecule has 2 heterocycles. The van der Waals surface area contributed by atoms with Crippen LogP contribution < -0.4 is 48.7 Å². The van der Waals surface area contributed by atoms with Crippen molar-refractivity contribution < 1.29 is 58.2 Å². The molecule has 0 radical (unpaired) electrons. The van der Waals surface area contributed by atoms with Gasteiger partial charge in [0.15, 0.2) is 5.96 Å². The number of hydrogen-bond acceptors (Lipinski definition) is 12. The summed E-state index contributed by atoms with van der Waals surface area (Å²) in [5.74, 6) is -9.28. The van der Waals surface area contributed by atoms with Gasteiger partial charge in [0, 0.05) is 19.6 Å². The average Bonchev–Trinajstić information content (AvgIpc) is 3.99. The van der Waals surface area contributed by atoms with Gasteiger partial charge in [-0.3, -0.25) is 48.6 Å². The van der Waals surface area contributed by atoms with Crippen LogP contribution in [0.15, 0.2) is 30.3 Å². The fraction of sp³-hybridized carbons (Fsp3) is 0.630. The van der Waals surface area contributed by atoms with Crippen molar-refractivity contribution in [2.75, 3.05) is 26.2 Å². The number of guanidine groups is 1. The summed E-state index contributed by atoms with van der Waals surface area (Å²) in [6.45, 7) is 8.44. The standard InChI is InChI=1S/C46H72N12O12/c1-25(2)20-31(41(65)52-27(5)38(62)56-33(21-26(3)4)43(67)57-18-10-15-34(57)44(68)58-19-11-16-35(58)45(69)70)55-42(66)32(23-37(60)61)53-36(59)24-51-40(64)30(14-9-17-50-46(48)49)54-39(63)29(47)22-28-12-7-6-8-13-28/h6-8,12-13,25-27,29-35H,9-11,14-24,47H2,1-5H3,(H,51,64)(H,52,65)(H,53,59)(H,54,63)(H,55,66)(H,56,62)(H,60,61)(H,69,70)(H4,48,49,50)/t27-,29-,30-,31-,32-,33-,34+,35-/m0/s1. The molecule has 2 fully saturated rings. The van der Waals surface area contributed by atoms with Gasteiger partial charge in [0.05, 0.1) is 19.0 Å². The van der Waals surface area contributed by atoms with Gasteiger partial charge in [-0.05, 0) is 82.1 Å². The number of amides is 8. The molecule has 1 aromatic carbocycles. The molecular formula is C46H72N12O12. The highest BCUT2D eigenvalue weighted by Gasteiger charge is 2.44. The number of aliphatic carboxylic acids is 2. The number of carbonyl (C=O) groups is 10. The van der Waals surface area contributed by atoms with Crippen molar-refractivity contribution in [2.24, 2.45) is 23.3 Å². The highest BCUT2D eigenvalue weighted by Crippen LogP contribution is 2.26. The van der Waals surface area contributed by atoms with Crippen LogP contribution in [0.2, 0.25) is 0 Å². The Balaban J connectivity index is 1.66. The van der Waals surface area contributed by atoms with Crippen LogP contribution in [-0.2, 0) is 54.4 Å². The summed E-state index contributed by atoms with van der Waals surface area (Å²) >= 11 is 0. The van der Waals surface area contributed by atoms with E-state index < -0.39 is 120 Å². The molecule has 2 aliphatic rings. The number of rotatable bonds is 27. The van der Waals surface area contributed by atoms with E-state index in [9.17, 15) is 58.2 Å². The topological polar surface area (TPSA) is 378 Å². The normalized spacial score (nSPS) is 18.1. The first-order valence-electron chi connectivity index (χ1n) is 23.7. The van der Waals surface area contributed by atoms with Gasteiger partial charge in [0.2, 0.25) is 47.3 Å². The Morgan fingerprint density at radius 2 is 1.26 bits per heavy atom. The molecule has 2 saturated heterocycles. The molecule has 8 atom stereocenters. The zero-order valence-corrected chi connectivity index (χ0v) is 40.6. The van der Waals surface area contributed by atoms with Crippen molar-refractivity contribution in [3.05, 3.63) is 35.9 Å². The molecule has 24 nitrogen and oxygen atoms in total. The molecule has 8 amide bonds. The Hall–Kier alpha value is -6.85. The summed E-state index contributed by atoms with van der Waals surface area (Å²) in [6, 6.07) is -0.612. The minimum Gasteiger partial charge on any atom is -0.481 e. The first kappa shape index (κ1) is 57.5. The number of nitrogens with two attached hydrogens (primary N) is 2. The smallest absolute Gasteiger partial charge is 0.326 e. The second-order valence-electron chi connectivity index (χ2n) is 18.6. The predicted octanol–water partition coefficient (Wildman–Crippen LogP) is -1.99. The molecule has 2 aliphatic heterocycles. The summed E-state index contributed by atoms with van der Waals surface area (Å²) in [5, 5.41) is 44.2. The molecule has 0 aliphatic carbocycles. The summed E-state index contributed by atoms with van der Waals surface area (Å²) < 4.78 is 0. The SMILES string of the molecule is CC(C)C[C@H](NC(=O)[C@H](CC(=O)O)NC(=O)CNC(=O)[C@H](CCCNC(=N)N)NC(=O)[C@@H](N)Cc1ccccc1)C(=O)N[C@@H](C)C(=O)N[C@@H](CC(C)C)C(=O)N1CCC[C@@H]1C(=O)N1CCC[C@H]1C(=O)O. The lowest BCUT2D eigenvalue weighted by atomic mass is 10.0. The Morgan fingerprint density at radius 1 is 0.686 bits per heavy atom. The Labute approximate surface area is 407 Å². The lowest BCUT2D eigenvalue weighted by Gasteiger charge is -2.33. The van der Waals surface area contributed by atoms with Crippen LogP contribution >= 0.6 is 0 Å². The average molecular weight is 985 g/mol. The van der Waals surface area contributed by atoms with E-state index in [1.54, 1.807) is 44.2 Å². The van der Waals surface area contributed by atoms with Crippen molar-refractivity contribution in [3.8, 4) is 0 Å². The Kier molecular flexibility index (Phi) is 23.0. The number of nitrogens with zero attached hydrogens (tertiary/aromatic N) is 2. The minimum atomic E-state index is -1.74. The van der Waals surface area contributed by atoms with Crippen molar-refractivity contribution in [3.63, 3.8) is 0 Å². The van der Waals surface area contributed by atoms with Crippen molar-refractivity contribution in [1.29, 1.82) is 5.41 Å². The van der Waals surface area contributed by atoms with Crippen molar-refractivity contribution in [1.82, 2.24) is 47.0 Å². The number of nitrogens with one attached hydrogen (secondary N) is 8. The molecule has 0 spiro atoms.